The molecule has 0 N–H and O–H groups in total. The predicted molar refractivity (Wildman–Crippen MR) is 181 cm³/mol. The van der Waals surface area contributed by atoms with E-state index in [1.807, 2.05) is 6.07 Å². The highest BCUT2D eigenvalue weighted by atomic mass is 15.2. The number of hydrogen-bond acceptors (Lipinski definition) is 3. The van der Waals surface area contributed by atoms with Crippen LogP contribution in [0.2, 0.25) is 0 Å². The van der Waals surface area contributed by atoms with E-state index in [4.69, 9.17) is 15.0 Å². The Morgan fingerprint density at radius 3 is 2.00 bits per heavy atom. The fraction of sp³-hybridized carbons (Fsp3) is 0. The number of benzene rings is 6. The molecule has 5 heteroatoms. The van der Waals surface area contributed by atoms with Crippen LogP contribution in [0.3, 0.4) is 0 Å². The maximum atomic E-state index is 5.39. The maximum absolute atomic E-state index is 5.39. The van der Waals surface area contributed by atoms with Crippen LogP contribution < -0.4 is 0 Å². The standard InChI is InChI=1S/C39H23N5/c1-2-13-25(14-3-1)35-29-23-22-24-12-4-5-15-26(24)36(29)42-39(41-35)44-31-19-9-6-16-27(31)34-37(44)28-17-7-10-20-32(28)43-33-21-11-8-18-30(33)40-38(34)43/h1-23H. The molecule has 0 aliphatic heterocycles. The summed E-state index contributed by atoms with van der Waals surface area (Å²) >= 11 is 0. The van der Waals surface area contributed by atoms with Crippen LogP contribution in [-0.4, -0.2) is 23.9 Å². The summed E-state index contributed by atoms with van der Waals surface area (Å²) in [6.07, 6.45) is 0. The largest absolute Gasteiger partial charge is 0.292 e. The van der Waals surface area contributed by atoms with Crippen molar-refractivity contribution in [2.24, 2.45) is 0 Å². The van der Waals surface area contributed by atoms with Gasteiger partial charge in [-0.05, 0) is 35.7 Å². The van der Waals surface area contributed by atoms with E-state index in [-0.39, 0.29) is 0 Å². The molecule has 0 bridgehead atoms. The average molecular weight is 562 g/mol. The predicted octanol–water partition coefficient (Wildman–Crippen LogP) is 9.50. The molecule has 204 valence electrons. The minimum atomic E-state index is 0.643. The zero-order valence-corrected chi connectivity index (χ0v) is 23.5. The van der Waals surface area contributed by atoms with Crippen molar-refractivity contribution in [2.75, 3.05) is 0 Å². The van der Waals surface area contributed by atoms with Gasteiger partial charge in [-0.25, -0.2) is 15.0 Å². The molecule has 6 aromatic carbocycles. The first-order chi connectivity index (χ1) is 21.8. The molecule has 0 aliphatic carbocycles. The monoisotopic (exact) mass is 561 g/mol. The normalized spacial score (nSPS) is 12.1. The molecular weight excluding hydrogens is 538 g/mol. The van der Waals surface area contributed by atoms with Crippen LogP contribution in [-0.2, 0) is 0 Å². The number of rotatable bonds is 2. The zero-order valence-electron chi connectivity index (χ0n) is 23.5. The molecule has 0 amide bonds. The van der Waals surface area contributed by atoms with Gasteiger partial charge in [0.25, 0.3) is 0 Å². The van der Waals surface area contributed by atoms with Gasteiger partial charge in [-0.1, -0.05) is 109 Å². The lowest BCUT2D eigenvalue weighted by Gasteiger charge is -2.14. The molecule has 0 spiro atoms. The van der Waals surface area contributed by atoms with Crippen molar-refractivity contribution in [1.29, 1.82) is 0 Å². The first kappa shape index (κ1) is 23.5. The SMILES string of the molecule is c1ccc(-c2nc(-n3c4ccccc4c4c3c3ccccc3n3c5ccccc5nc43)nc3c2ccc2ccccc23)cc1. The highest BCUT2D eigenvalue weighted by Gasteiger charge is 2.23. The first-order valence-electron chi connectivity index (χ1n) is 14.8. The number of para-hydroxylation sites is 4. The van der Waals surface area contributed by atoms with Gasteiger partial charge in [0.1, 0.15) is 5.65 Å². The summed E-state index contributed by atoms with van der Waals surface area (Å²) in [6, 6.07) is 48.7. The van der Waals surface area contributed by atoms with Crippen LogP contribution in [0.5, 0.6) is 0 Å². The van der Waals surface area contributed by atoms with Gasteiger partial charge >= 0.3 is 0 Å². The van der Waals surface area contributed by atoms with Gasteiger partial charge in [-0.2, -0.15) is 0 Å². The van der Waals surface area contributed by atoms with Crippen LogP contribution in [0, 0.1) is 0 Å². The Labute approximate surface area is 251 Å². The fourth-order valence-corrected chi connectivity index (χ4v) is 7.00. The van der Waals surface area contributed by atoms with E-state index in [0.717, 1.165) is 82.3 Å². The molecule has 0 fully saturated rings. The van der Waals surface area contributed by atoms with Gasteiger partial charge in [-0.3, -0.25) is 8.97 Å². The van der Waals surface area contributed by atoms with Gasteiger partial charge in [0.05, 0.1) is 44.2 Å². The number of fused-ring (bicyclic) bond motifs is 13. The van der Waals surface area contributed by atoms with Crippen LogP contribution >= 0.6 is 0 Å². The van der Waals surface area contributed by atoms with E-state index in [1.165, 1.54) is 0 Å². The molecular formula is C39H23N5. The summed E-state index contributed by atoms with van der Waals surface area (Å²) < 4.78 is 4.55. The highest BCUT2D eigenvalue weighted by molar-refractivity contribution is 6.24. The van der Waals surface area contributed by atoms with Crippen molar-refractivity contribution in [3.05, 3.63) is 140 Å². The Kier molecular flexibility index (Phi) is 4.66. The third-order valence-electron chi connectivity index (χ3n) is 8.89. The lowest BCUT2D eigenvalue weighted by atomic mass is 10.0. The fourth-order valence-electron chi connectivity index (χ4n) is 7.00. The van der Waals surface area contributed by atoms with Crippen molar-refractivity contribution < 1.29 is 0 Å². The summed E-state index contributed by atoms with van der Waals surface area (Å²) in [4.78, 5) is 16.0. The summed E-state index contributed by atoms with van der Waals surface area (Å²) in [5, 5.41) is 6.64. The van der Waals surface area contributed by atoms with Crippen molar-refractivity contribution in [3.8, 4) is 17.2 Å². The molecule has 0 atom stereocenters. The maximum Gasteiger partial charge on any atom is 0.235 e. The van der Waals surface area contributed by atoms with E-state index in [1.54, 1.807) is 0 Å². The lowest BCUT2D eigenvalue weighted by molar-refractivity contribution is 1.02. The van der Waals surface area contributed by atoms with E-state index in [0.29, 0.717) is 5.95 Å². The summed E-state index contributed by atoms with van der Waals surface area (Å²) in [6.45, 7) is 0. The second-order valence-electron chi connectivity index (χ2n) is 11.3. The molecule has 4 heterocycles. The van der Waals surface area contributed by atoms with Crippen LogP contribution in [0.25, 0.3) is 88.3 Å². The Morgan fingerprint density at radius 2 is 1.14 bits per heavy atom. The third kappa shape index (κ3) is 3.10. The second-order valence-corrected chi connectivity index (χ2v) is 11.3. The Hall–Kier alpha value is -6.07. The Balaban J connectivity index is 1.46. The molecule has 0 saturated carbocycles. The van der Waals surface area contributed by atoms with Gasteiger partial charge < -0.3 is 0 Å². The molecule has 4 aromatic heterocycles. The van der Waals surface area contributed by atoms with Crippen LogP contribution in [0.1, 0.15) is 0 Å². The van der Waals surface area contributed by atoms with E-state index in [9.17, 15) is 0 Å². The van der Waals surface area contributed by atoms with Crippen molar-refractivity contribution in [3.63, 3.8) is 0 Å². The first-order valence-corrected chi connectivity index (χ1v) is 14.8. The molecule has 0 aliphatic rings. The number of imidazole rings is 1. The lowest BCUT2D eigenvalue weighted by Crippen LogP contribution is -2.04. The zero-order chi connectivity index (χ0) is 28.8. The highest BCUT2D eigenvalue weighted by Crippen LogP contribution is 2.41. The topological polar surface area (TPSA) is 48.0 Å². The summed E-state index contributed by atoms with van der Waals surface area (Å²) in [5.74, 6) is 0.643. The van der Waals surface area contributed by atoms with E-state index in [2.05, 4.69) is 142 Å². The molecule has 10 rings (SSSR count). The number of aromatic nitrogens is 5. The summed E-state index contributed by atoms with van der Waals surface area (Å²) in [5.41, 5.74) is 9.12. The molecule has 44 heavy (non-hydrogen) atoms. The average Bonchev–Trinajstić information content (AvgIpc) is 3.65. The molecule has 0 saturated heterocycles. The van der Waals surface area contributed by atoms with Crippen molar-refractivity contribution >= 4 is 71.1 Å². The third-order valence-corrected chi connectivity index (χ3v) is 8.89. The van der Waals surface area contributed by atoms with Crippen molar-refractivity contribution in [1.82, 2.24) is 23.9 Å². The number of hydrogen-bond donors (Lipinski definition) is 0. The van der Waals surface area contributed by atoms with E-state index >= 15 is 0 Å². The Bertz CT molecular complexity index is 2770. The minimum Gasteiger partial charge on any atom is -0.292 e. The molecule has 10 aromatic rings. The quantitative estimate of drug-likeness (QED) is 0.198. The summed E-state index contributed by atoms with van der Waals surface area (Å²) in [7, 11) is 0. The van der Waals surface area contributed by atoms with Crippen LogP contribution in [0.15, 0.2) is 140 Å². The van der Waals surface area contributed by atoms with Gasteiger partial charge in [0.15, 0.2) is 0 Å². The molecule has 0 unspecified atom stereocenters. The van der Waals surface area contributed by atoms with Gasteiger partial charge in [0.2, 0.25) is 5.95 Å². The smallest absolute Gasteiger partial charge is 0.235 e. The van der Waals surface area contributed by atoms with E-state index < -0.39 is 0 Å². The Morgan fingerprint density at radius 1 is 0.455 bits per heavy atom. The van der Waals surface area contributed by atoms with Crippen LogP contribution in [0.4, 0.5) is 0 Å². The van der Waals surface area contributed by atoms with Crippen molar-refractivity contribution in [2.45, 2.75) is 0 Å². The molecule has 5 nitrogen and oxygen atoms in total. The number of nitrogens with zero attached hydrogens (tertiary/aromatic N) is 5. The second kappa shape index (κ2) is 8.72. The minimum absolute atomic E-state index is 0.643. The number of pyridine rings is 1. The van der Waals surface area contributed by atoms with Gasteiger partial charge in [0, 0.05) is 27.1 Å². The molecule has 0 radical (unpaired) electrons. The van der Waals surface area contributed by atoms with Gasteiger partial charge in [-0.15, -0.1) is 0 Å².